The Morgan fingerprint density at radius 2 is 1.67 bits per heavy atom. The minimum Gasteiger partial charge on any atom is -0.343 e. The molecule has 2 aliphatic rings. The Morgan fingerprint density at radius 3 is 2.37 bits per heavy atom. The fourth-order valence-electron chi connectivity index (χ4n) is 4.31. The SMILES string of the molecule is CC(C)(C)c1ccc(CN=C2Nc3ccccc3CC23CCNCC3)cc1. The van der Waals surface area contributed by atoms with Gasteiger partial charge in [0.15, 0.2) is 0 Å². The van der Waals surface area contributed by atoms with Crippen LogP contribution in [0.25, 0.3) is 0 Å². The number of fused-ring (bicyclic) bond motifs is 1. The summed E-state index contributed by atoms with van der Waals surface area (Å²) in [5.74, 6) is 1.18. The summed E-state index contributed by atoms with van der Waals surface area (Å²) < 4.78 is 0. The van der Waals surface area contributed by atoms with Gasteiger partial charge in [0.05, 0.1) is 6.54 Å². The van der Waals surface area contributed by atoms with Gasteiger partial charge in [0, 0.05) is 11.1 Å². The van der Waals surface area contributed by atoms with Crippen molar-refractivity contribution in [1.82, 2.24) is 5.32 Å². The summed E-state index contributed by atoms with van der Waals surface area (Å²) in [6, 6.07) is 17.7. The van der Waals surface area contributed by atoms with Crippen LogP contribution >= 0.6 is 0 Å². The Kier molecular flexibility index (Phi) is 4.81. The molecule has 0 radical (unpaired) electrons. The summed E-state index contributed by atoms with van der Waals surface area (Å²) >= 11 is 0. The Labute approximate surface area is 163 Å². The monoisotopic (exact) mass is 361 g/mol. The number of aliphatic imine (C=N–C) groups is 1. The average molecular weight is 362 g/mol. The Balaban J connectivity index is 1.60. The molecule has 0 saturated carbocycles. The van der Waals surface area contributed by atoms with Gasteiger partial charge in [-0.25, -0.2) is 0 Å². The second-order valence-corrected chi connectivity index (χ2v) is 9.10. The van der Waals surface area contributed by atoms with Gasteiger partial charge in [-0.15, -0.1) is 0 Å². The predicted molar refractivity (Wildman–Crippen MR) is 115 cm³/mol. The topological polar surface area (TPSA) is 36.4 Å². The quantitative estimate of drug-likeness (QED) is 0.796. The van der Waals surface area contributed by atoms with Gasteiger partial charge >= 0.3 is 0 Å². The fourth-order valence-corrected chi connectivity index (χ4v) is 4.31. The van der Waals surface area contributed by atoms with Crippen molar-refractivity contribution < 1.29 is 0 Å². The van der Waals surface area contributed by atoms with E-state index >= 15 is 0 Å². The van der Waals surface area contributed by atoms with E-state index in [9.17, 15) is 0 Å². The fraction of sp³-hybridized carbons (Fsp3) is 0.458. The molecule has 1 fully saturated rings. The van der Waals surface area contributed by atoms with Crippen LogP contribution in [0.4, 0.5) is 5.69 Å². The van der Waals surface area contributed by atoms with Crippen LogP contribution in [-0.4, -0.2) is 18.9 Å². The van der Waals surface area contributed by atoms with E-state index in [1.807, 2.05) is 0 Å². The van der Waals surface area contributed by atoms with Crippen LogP contribution in [0, 0.1) is 5.41 Å². The van der Waals surface area contributed by atoms with Gasteiger partial charge in [0.25, 0.3) is 0 Å². The number of para-hydroxylation sites is 1. The van der Waals surface area contributed by atoms with Crippen molar-refractivity contribution >= 4 is 11.5 Å². The van der Waals surface area contributed by atoms with Crippen LogP contribution < -0.4 is 10.6 Å². The minimum absolute atomic E-state index is 0.158. The number of anilines is 1. The van der Waals surface area contributed by atoms with Gasteiger partial charge in [0.1, 0.15) is 5.84 Å². The van der Waals surface area contributed by atoms with Crippen LogP contribution in [0.5, 0.6) is 0 Å². The van der Waals surface area contributed by atoms with E-state index in [1.54, 1.807) is 0 Å². The van der Waals surface area contributed by atoms with Gasteiger partial charge in [0.2, 0.25) is 0 Å². The highest BCUT2D eigenvalue weighted by Gasteiger charge is 2.40. The maximum Gasteiger partial charge on any atom is 0.108 e. The molecule has 2 heterocycles. The molecule has 0 bridgehead atoms. The van der Waals surface area contributed by atoms with Crippen LogP contribution in [0.15, 0.2) is 53.5 Å². The van der Waals surface area contributed by atoms with Crippen molar-refractivity contribution in [3.05, 3.63) is 65.2 Å². The molecule has 0 aliphatic carbocycles. The summed E-state index contributed by atoms with van der Waals surface area (Å²) in [6.07, 6.45) is 3.39. The molecule has 2 aromatic carbocycles. The number of nitrogens with zero attached hydrogens (tertiary/aromatic N) is 1. The minimum atomic E-state index is 0.158. The smallest absolute Gasteiger partial charge is 0.108 e. The predicted octanol–water partition coefficient (Wildman–Crippen LogP) is 4.92. The summed E-state index contributed by atoms with van der Waals surface area (Å²) in [7, 11) is 0. The number of amidine groups is 1. The second kappa shape index (κ2) is 7.12. The molecule has 27 heavy (non-hydrogen) atoms. The molecule has 4 rings (SSSR count). The highest BCUT2D eigenvalue weighted by molar-refractivity contribution is 6.02. The van der Waals surface area contributed by atoms with E-state index in [1.165, 1.54) is 28.2 Å². The lowest BCUT2D eigenvalue weighted by atomic mass is 9.71. The molecule has 0 unspecified atom stereocenters. The van der Waals surface area contributed by atoms with Crippen LogP contribution in [0.2, 0.25) is 0 Å². The van der Waals surface area contributed by atoms with Gasteiger partial charge in [-0.2, -0.15) is 0 Å². The standard InChI is InChI=1S/C24H31N3/c1-23(2,3)20-10-8-18(9-11-20)17-26-22-24(12-14-25-15-13-24)16-19-6-4-5-7-21(19)27-22/h4-11,25H,12-17H2,1-3H3,(H,26,27). The Hall–Kier alpha value is -2.13. The molecule has 3 nitrogen and oxygen atoms in total. The van der Waals surface area contributed by atoms with Gasteiger partial charge in [-0.3, -0.25) is 4.99 Å². The number of rotatable bonds is 2. The van der Waals surface area contributed by atoms with Crippen LogP contribution in [0.3, 0.4) is 0 Å². The maximum atomic E-state index is 5.10. The third kappa shape index (κ3) is 3.79. The summed E-state index contributed by atoms with van der Waals surface area (Å²) in [5, 5.41) is 7.20. The zero-order valence-corrected chi connectivity index (χ0v) is 16.8. The lowest BCUT2D eigenvalue weighted by Crippen LogP contribution is -2.48. The van der Waals surface area contributed by atoms with Crippen LogP contribution in [-0.2, 0) is 18.4 Å². The van der Waals surface area contributed by atoms with Crippen molar-refractivity contribution in [2.24, 2.45) is 10.4 Å². The summed E-state index contributed by atoms with van der Waals surface area (Å²) in [6.45, 7) is 9.65. The Bertz CT molecular complexity index is 821. The van der Waals surface area contributed by atoms with Crippen molar-refractivity contribution in [2.75, 3.05) is 18.4 Å². The first-order valence-corrected chi connectivity index (χ1v) is 10.2. The largest absolute Gasteiger partial charge is 0.343 e. The van der Waals surface area contributed by atoms with Crippen molar-refractivity contribution in [3.63, 3.8) is 0 Å². The summed E-state index contributed by atoms with van der Waals surface area (Å²) in [5.41, 5.74) is 5.65. The first-order valence-electron chi connectivity index (χ1n) is 10.2. The molecule has 0 atom stereocenters. The van der Waals surface area contributed by atoms with E-state index in [4.69, 9.17) is 4.99 Å². The lowest BCUT2D eigenvalue weighted by molar-refractivity contribution is 0.293. The molecule has 3 heteroatoms. The lowest BCUT2D eigenvalue weighted by Gasteiger charge is -2.42. The number of piperidine rings is 1. The van der Waals surface area contributed by atoms with Gasteiger partial charge in [-0.05, 0) is 60.5 Å². The van der Waals surface area contributed by atoms with E-state index in [0.29, 0.717) is 0 Å². The zero-order valence-electron chi connectivity index (χ0n) is 16.8. The molecule has 1 saturated heterocycles. The number of nitrogens with one attached hydrogen (secondary N) is 2. The molecule has 0 aromatic heterocycles. The van der Waals surface area contributed by atoms with Gasteiger partial charge < -0.3 is 10.6 Å². The third-order valence-corrected chi connectivity index (χ3v) is 6.10. The highest BCUT2D eigenvalue weighted by Crippen LogP contribution is 2.40. The van der Waals surface area contributed by atoms with E-state index in [0.717, 1.165) is 38.9 Å². The van der Waals surface area contributed by atoms with Gasteiger partial charge in [-0.1, -0.05) is 63.2 Å². The van der Waals surface area contributed by atoms with Crippen molar-refractivity contribution in [1.29, 1.82) is 0 Å². The maximum absolute atomic E-state index is 5.10. The molecular formula is C24H31N3. The molecule has 2 N–H and O–H groups in total. The number of benzene rings is 2. The molecule has 142 valence electrons. The molecule has 1 spiro atoms. The van der Waals surface area contributed by atoms with E-state index < -0.39 is 0 Å². The number of hydrogen-bond acceptors (Lipinski definition) is 2. The first kappa shape index (κ1) is 18.2. The molecule has 2 aromatic rings. The number of hydrogen-bond donors (Lipinski definition) is 2. The van der Waals surface area contributed by atoms with Crippen molar-refractivity contribution in [2.45, 2.75) is 52.0 Å². The van der Waals surface area contributed by atoms with E-state index in [2.05, 4.69) is 79.9 Å². The summed E-state index contributed by atoms with van der Waals surface area (Å²) in [4.78, 5) is 5.10. The Morgan fingerprint density at radius 1 is 0.963 bits per heavy atom. The molecule has 0 amide bonds. The normalized spacial score (nSPS) is 20.3. The van der Waals surface area contributed by atoms with Crippen molar-refractivity contribution in [3.8, 4) is 0 Å². The van der Waals surface area contributed by atoms with E-state index in [-0.39, 0.29) is 10.8 Å². The third-order valence-electron chi connectivity index (χ3n) is 6.10. The average Bonchev–Trinajstić information content (AvgIpc) is 2.66. The second-order valence-electron chi connectivity index (χ2n) is 9.10. The molecular weight excluding hydrogens is 330 g/mol. The molecule has 2 aliphatic heterocycles. The highest BCUT2D eigenvalue weighted by atomic mass is 15.0. The first-order chi connectivity index (χ1) is 13.0. The zero-order chi connectivity index (χ0) is 18.9. The van der Waals surface area contributed by atoms with Crippen LogP contribution in [0.1, 0.15) is 50.3 Å².